The molecule has 105 valence electrons. The lowest BCUT2D eigenvalue weighted by Crippen LogP contribution is -2.07. The van der Waals surface area contributed by atoms with Crippen molar-refractivity contribution in [3.05, 3.63) is 77.7 Å². The molecule has 1 unspecified atom stereocenters. The fourth-order valence-corrected chi connectivity index (χ4v) is 2.60. The maximum Gasteiger partial charge on any atom is 0.00894 e. The largest absolute Gasteiger partial charge is 0.0622 e. The Bertz CT molecular complexity index is 444. The summed E-state index contributed by atoms with van der Waals surface area (Å²) in [4.78, 5) is 0. The van der Waals surface area contributed by atoms with E-state index in [0.717, 1.165) is 0 Å². The smallest absolute Gasteiger partial charge is 0.00894 e. The van der Waals surface area contributed by atoms with Crippen molar-refractivity contribution in [1.29, 1.82) is 0 Å². The van der Waals surface area contributed by atoms with Crippen LogP contribution in [0.15, 0.2) is 60.7 Å². The van der Waals surface area contributed by atoms with E-state index in [1.54, 1.807) is 0 Å². The molecule has 20 heavy (non-hydrogen) atoms. The Labute approximate surface area is 123 Å². The Balaban J connectivity index is 2.17. The highest BCUT2D eigenvalue weighted by Crippen LogP contribution is 2.32. The van der Waals surface area contributed by atoms with Gasteiger partial charge in [-0.25, -0.2) is 0 Å². The zero-order chi connectivity index (χ0) is 14.4. The van der Waals surface area contributed by atoms with Crippen LogP contribution in [0.4, 0.5) is 0 Å². The third-order valence-corrected chi connectivity index (χ3v) is 4.28. The van der Waals surface area contributed by atoms with Gasteiger partial charge in [-0.2, -0.15) is 0 Å². The lowest BCUT2D eigenvalue weighted by molar-refractivity contribution is 0.506. The summed E-state index contributed by atoms with van der Waals surface area (Å²) >= 11 is 0. The van der Waals surface area contributed by atoms with Crippen molar-refractivity contribution in [3.63, 3.8) is 0 Å². The Morgan fingerprint density at radius 1 is 0.750 bits per heavy atom. The molecule has 0 aliphatic heterocycles. The molecule has 0 saturated heterocycles. The molecule has 0 heteroatoms. The van der Waals surface area contributed by atoms with Gasteiger partial charge in [-0.05, 0) is 35.8 Å². The van der Waals surface area contributed by atoms with Gasteiger partial charge < -0.3 is 0 Å². The molecule has 0 heterocycles. The van der Waals surface area contributed by atoms with E-state index in [2.05, 4.69) is 81.4 Å². The fraction of sp³-hybridized carbons (Fsp3) is 0.350. The van der Waals surface area contributed by atoms with E-state index in [4.69, 9.17) is 0 Å². The van der Waals surface area contributed by atoms with Crippen LogP contribution in [0, 0.1) is 11.8 Å². The zero-order valence-corrected chi connectivity index (χ0v) is 12.8. The van der Waals surface area contributed by atoms with Crippen molar-refractivity contribution in [2.75, 3.05) is 0 Å². The monoisotopic (exact) mass is 265 g/mol. The zero-order valence-electron chi connectivity index (χ0n) is 12.8. The van der Waals surface area contributed by atoms with Gasteiger partial charge in [0.15, 0.2) is 0 Å². The van der Waals surface area contributed by atoms with E-state index >= 15 is 0 Å². The Kier molecular flexibility index (Phi) is 5.40. The second-order valence-corrected chi connectivity index (χ2v) is 5.93. The molecule has 0 fully saturated rings. The minimum absolute atomic E-state index is 0.513. The van der Waals surface area contributed by atoms with Crippen LogP contribution < -0.4 is 0 Å². The summed E-state index contributed by atoms with van der Waals surface area (Å²) in [5.41, 5.74) is 2.86. The quantitative estimate of drug-likeness (QED) is 0.614. The summed E-state index contributed by atoms with van der Waals surface area (Å²) in [5, 5.41) is 0. The van der Waals surface area contributed by atoms with Gasteiger partial charge in [0.25, 0.3) is 0 Å². The van der Waals surface area contributed by atoms with Gasteiger partial charge in [0, 0.05) is 5.92 Å². The molecule has 2 rings (SSSR count). The van der Waals surface area contributed by atoms with E-state index in [0.29, 0.717) is 11.8 Å². The van der Waals surface area contributed by atoms with Crippen molar-refractivity contribution < 1.29 is 0 Å². The Morgan fingerprint density at radius 2 is 1.20 bits per heavy atom. The maximum atomic E-state index is 2.34. The molecule has 2 aromatic rings. The SMILES string of the molecule is C[C](C)C(C)CCC(c1ccccc1)c1ccccc1. The summed E-state index contributed by atoms with van der Waals surface area (Å²) < 4.78 is 0. The Morgan fingerprint density at radius 3 is 1.60 bits per heavy atom. The molecule has 0 bridgehead atoms. The van der Waals surface area contributed by atoms with Crippen LogP contribution in [0.2, 0.25) is 0 Å². The molecule has 0 amide bonds. The lowest BCUT2D eigenvalue weighted by Gasteiger charge is -2.22. The third kappa shape index (κ3) is 3.96. The summed E-state index contributed by atoms with van der Waals surface area (Å²) in [6.45, 7) is 6.82. The number of rotatable bonds is 6. The maximum absolute atomic E-state index is 2.34. The van der Waals surface area contributed by atoms with Crippen molar-refractivity contribution in [3.8, 4) is 0 Å². The molecule has 1 atom stereocenters. The van der Waals surface area contributed by atoms with Gasteiger partial charge in [-0.15, -0.1) is 0 Å². The van der Waals surface area contributed by atoms with E-state index < -0.39 is 0 Å². The second-order valence-electron chi connectivity index (χ2n) is 5.93. The molecule has 0 aromatic heterocycles. The average Bonchev–Trinajstić information content (AvgIpc) is 2.49. The summed E-state index contributed by atoms with van der Waals surface area (Å²) in [7, 11) is 0. The van der Waals surface area contributed by atoms with Crippen LogP contribution in [-0.2, 0) is 0 Å². The topological polar surface area (TPSA) is 0 Å². The highest BCUT2D eigenvalue weighted by atomic mass is 14.2. The highest BCUT2D eigenvalue weighted by Gasteiger charge is 2.16. The second kappa shape index (κ2) is 7.28. The normalized spacial score (nSPS) is 12.8. The molecule has 0 aliphatic rings. The van der Waals surface area contributed by atoms with E-state index in [1.165, 1.54) is 29.9 Å². The molecule has 0 saturated carbocycles. The summed E-state index contributed by atoms with van der Waals surface area (Å²) in [6, 6.07) is 21.8. The first-order valence-corrected chi connectivity index (χ1v) is 7.58. The van der Waals surface area contributed by atoms with E-state index in [-0.39, 0.29) is 0 Å². The summed E-state index contributed by atoms with van der Waals surface area (Å²) in [6.07, 6.45) is 2.46. The van der Waals surface area contributed by atoms with Crippen LogP contribution in [0.25, 0.3) is 0 Å². The van der Waals surface area contributed by atoms with Gasteiger partial charge in [-0.1, -0.05) is 81.4 Å². The minimum atomic E-state index is 0.513. The molecular weight excluding hydrogens is 240 g/mol. The van der Waals surface area contributed by atoms with Crippen LogP contribution in [0.1, 0.15) is 50.7 Å². The first kappa shape index (κ1) is 14.8. The van der Waals surface area contributed by atoms with Gasteiger partial charge in [-0.3, -0.25) is 0 Å². The standard InChI is InChI=1S/C20H25/c1-16(2)17(3)14-15-20(18-10-6-4-7-11-18)19-12-8-5-9-13-19/h4-13,17,20H,14-15H2,1-3H3. The summed E-state index contributed by atoms with van der Waals surface area (Å²) in [5.74, 6) is 2.74. The predicted octanol–water partition coefficient (Wildman–Crippen LogP) is 5.85. The fourth-order valence-electron chi connectivity index (χ4n) is 2.60. The molecule has 0 N–H and O–H groups in total. The van der Waals surface area contributed by atoms with Gasteiger partial charge in [0.1, 0.15) is 0 Å². The number of hydrogen-bond donors (Lipinski definition) is 0. The van der Waals surface area contributed by atoms with Crippen molar-refractivity contribution in [2.45, 2.75) is 39.5 Å². The molecule has 0 aliphatic carbocycles. The van der Waals surface area contributed by atoms with Crippen LogP contribution in [0.5, 0.6) is 0 Å². The van der Waals surface area contributed by atoms with Crippen molar-refractivity contribution in [2.24, 2.45) is 5.92 Å². The van der Waals surface area contributed by atoms with Crippen LogP contribution >= 0.6 is 0 Å². The minimum Gasteiger partial charge on any atom is -0.0622 e. The van der Waals surface area contributed by atoms with Crippen LogP contribution in [0.3, 0.4) is 0 Å². The lowest BCUT2D eigenvalue weighted by atomic mass is 9.83. The third-order valence-electron chi connectivity index (χ3n) is 4.28. The highest BCUT2D eigenvalue weighted by molar-refractivity contribution is 5.32. The predicted molar refractivity (Wildman–Crippen MR) is 87.7 cm³/mol. The van der Waals surface area contributed by atoms with Crippen LogP contribution in [-0.4, -0.2) is 0 Å². The van der Waals surface area contributed by atoms with Crippen molar-refractivity contribution >= 4 is 0 Å². The van der Waals surface area contributed by atoms with Gasteiger partial charge in [0.2, 0.25) is 0 Å². The molecule has 0 spiro atoms. The molecule has 0 nitrogen and oxygen atoms in total. The molecular formula is C20H25. The Hall–Kier alpha value is -1.56. The number of hydrogen-bond acceptors (Lipinski definition) is 0. The van der Waals surface area contributed by atoms with Gasteiger partial charge in [0.05, 0.1) is 0 Å². The van der Waals surface area contributed by atoms with E-state index in [9.17, 15) is 0 Å². The molecule has 1 radical (unpaired) electrons. The first-order chi connectivity index (χ1) is 9.68. The number of benzene rings is 2. The molecule has 2 aromatic carbocycles. The van der Waals surface area contributed by atoms with Crippen molar-refractivity contribution in [1.82, 2.24) is 0 Å². The average molecular weight is 265 g/mol. The van der Waals surface area contributed by atoms with E-state index in [1.807, 2.05) is 0 Å². The van der Waals surface area contributed by atoms with Gasteiger partial charge >= 0.3 is 0 Å². The first-order valence-electron chi connectivity index (χ1n) is 7.58.